The first kappa shape index (κ1) is 17.6. The van der Waals surface area contributed by atoms with Crippen LogP contribution in [0.25, 0.3) is 11.0 Å². The van der Waals surface area contributed by atoms with Crippen LogP contribution in [-0.2, 0) is 11.2 Å². The van der Waals surface area contributed by atoms with E-state index in [1.165, 1.54) is 0 Å². The first-order chi connectivity index (χ1) is 12.5. The van der Waals surface area contributed by atoms with Crippen LogP contribution >= 0.6 is 0 Å². The second kappa shape index (κ2) is 7.35. The van der Waals surface area contributed by atoms with Crippen molar-refractivity contribution in [3.05, 3.63) is 81.2 Å². The number of hydrogen-bond acceptors (Lipinski definition) is 5. The van der Waals surface area contributed by atoms with Gasteiger partial charge in [-0.25, -0.2) is 4.79 Å². The summed E-state index contributed by atoms with van der Waals surface area (Å²) < 4.78 is 10.4. The molecule has 0 saturated carbocycles. The van der Waals surface area contributed by atoms with E-state index < -0.39 is 12.6 Å². The van der Waals surface area contributed by atoms with Gasteiger partial charge < -0.3 is 9.15 Å². The number of rotatable bonds is 5. The molecule has 5 nitrogen and oxygen atoms in total. The molecule has 0 N–H and O–H groups in total. The van der Waals surface area contributed by atoms with Crippen LogP contribution in [0.1, 0.15) is 39.0 Å². The number of ketones is 1. The summed E-state index contributed by atoms with van der Waals surface area (Å²) in [6, 6.07) is 13.3. The quantitative estimate of drug-likeness (QED) is 0.518. The van der Waals surface area contributed by atoms with Crippen LogP contribution in [0.3, 0.4) is 0 Å². The maximum Gasteiger partial charge on any atom is 0.374 e. The minimum absolute atomic E-state index is 0.222. The zero-order chi connectivity index (χ0) is 18.7. The lowest BCUT2D eigenvalue weighted by atomic mass is 10.1. The molecule has 0 aliphatic rings. The van der Waals surface area contributed by atoms with Crippen molar-refractivity contribution in [2.24, 2.45) is 0 Å². The van der Waals surface area contributed by atoms with Crippen molar-refractivity contribution >= 4 is 22.7 Å². The number of fused-ring (bicyclic) bond motifs is 1. The number of aryl methyl sites for hydroxylation is 2. The van der Waals surface area contributed by atoms with Crippen molar-refractivity contribution in [1.82, 2.24) is 0 Å². The minimum atomic E-state index is -0.844. The van der Waals surface area contributed by atoms with Gasteiger partial charge >= 0.3 is 5.97 Å². The third-order valence-electron chi connectivity index (χ3n) is 4.10. The molecular formula is C21H18O5. The Morgan fingerprint density at radius 1 is 1.04 bits per heavy atom. The highest BCUT2D eigenvalue weighted by atomic mass is 16.5. The number of benzene rings is 2. The van der Waals surface area contributed by atoms with Crippen LogP contribution in [0, 0.1) is 6.92 Å². The topological polar surface area (TPSA) is 73.6 Å². The molecule has 0 aliphatic heterocycles. The molecule has 0 spiro atoms. The van der Waals surface area contributed by atoms with Crippen molar-refractivity contribution in [3.63, 3.8) is 0 Å². The van der Waals surface area contributed by atoms with Crippen molar-refractivity contribution in [2.45, 2.75) is 20.3 Å². The lowest BCUT2D eigenvalue weighted by molar-refractivity contribution is 0.0444. The monoisotopic (exact) mass is 350 g/mol. The van der Waals surface area contributed by atoms with E-state index in [-0.39, 0.29) is 17.0 Å². The second-order valence-corrected chi connectivity index (χ2v) is 6.02. The van der Waals surface area contributed by atoms with E-state index in [0.29, 0.717) is 16.5 Å². The second-order valence-electron chi connectivity index (χ2n) is 6.02. The Morgan fingerprint density at radius 3 is 2.46 bits per heavy atom. The van der Waals surface area contributed by atoms with E-state index in [1.807, 2.05) is 26.0 Å². The molecule has 3 aromatic rings. The molecule has 0 bridgehead atoms. The van der Waals surface area contributed by atoms with Gasteiger partial charge in [-0.1, -0.05) is 42.8 Å². The van der Waals surface area contributed by atoms with E-state index in [9.17, 15) is 14.4 Å². The van der Waals surface area contributed by atoms with Crippen LogP contribution in [0.15, 0.2) is 57.7 Å². The molecule has 0 aliphatic carbocycles. The molecule has 0 amide bonds. The predicted octanol–water partition coefficient (Wildman–Crippen LogP) is 3.70. The van der Waals surface area contributed by atoms with Crippen LogP contribution in [-0.4, -0.2) is 18.4 Å². The van der Waals surface area contributed by atoms with Crippen molar-refractivity contribution in [2.75, 3.05) is 6.61 Å². The fourth-order valence-corrected chi connectivity index (χ4v) is 2.58. The highest BCUT2D eigenvalue weighted by Gasteiger charge is 2.16. The van der Waals surface area contributed by atoms with Crippen LogP contribution in [0.4, 0.5) is 0 Å². The summed E-state index contributed by atoms with van der Waals surface area (Å²) in [6.07, 6.45) is 0.879. The van der Waals surface area contributed by atoms with Gasteiger partial charge in [0.1, 0.15) is 5.58 Å². The van der Waals surface area contributed by atoms with E-state index in [4.69, 9.17) is 9.15 Å². The summed E-state index contributed by atoms with van der Waals surface area (Å²) in [7, 11) is 0. The molecule has 0 radical (unpaired) electrons. The Balaban J connectivity index is 1.73. The van der Waals surface area contributed by atoms with Gasteiger partial charge in [0.25, 0.3) is 0 Å². The molecule has 1 heterocycles. The molecular weight excluding hydrogens is 332 g/mol. The molecule has 5 heteroatoms. The maximum absolute atomic E-state index is 12.1. The van der Waals surface area contributed by atoms with E-state index in [2.05, 4.69) is 0 Å². The number of esters is 1. The minimum Gasteiger partial charge on any atom is -0.451 e. The molecule has 0 atom stereocenters. The number of hydrogen-bond donors (Lipinski definition) is 0. The average molecular weight is 350 g/mol. The summed E-state index contributed by atoms with van der Waals surface area (Å²) in [5.74, 6) is -1.39. The Kier molecular flexibility index (Phi) is 4.98. The third kappa shape index (κ3) is 3.72. The van der Waals surface area contributed by atoms with Crippen LogP contribution in [0.5, 0.6) is 0 Å². The van der Waals surface area contributed by atoms with Gasteiger partial charge in [-0.2, -0.15) is 0 Å². The fourth-order valence-electron chi connectivity index (χ4n) is 2.58. The molecule has 2 aromatic carbocycles. The van der Waals surface area contributed by atoms with Gasteiger partial charge in [0.15, 0.2) is 17.8 Å². The molecule has 3 rings (SSSR count). The van der Waals surface area contributed by atoms with Crippen LogP contribution in [0.2, 0.25) is 0 Å². The lowest BCUT2D eigenvalue weighted by Crippen LogP contribution is -2.16. The summed E-state index contributed by atoms with van der Waals surface area (Å²) in [6.45, 7) is 3.47. The van der Waals surface area contributed by atoms with E-state index in [1.54, 1.807) is 30.3 Å². The predicted molar refractivity (Wildman–Crippen MR) is 97.7 cm³/mol. The summed E-state index contributed by atoms with van der Waals surface area (Å²) in [4.78, 5) is 36.4. The Bertz CT molecular complexity index is 1030. The first-order valence-corrected chi connectivity index (χ1v) is 8.31. The van der Waals surface area contributed by atoms with E-state index >= 15 is 0 Å². The SMILES string of the molecule is CCc1ccc(C(=O)COC(=O)c2cc(=O)c3cc(C)ccc3o2)cc1. The van der Waals surface area contributed by atoms with Crippen molar-refractivity contribution < 1.29 is 18.7 Å². The van der Waals surface area contributed by atoms with Crippen LogP contribution < -0.4 is 5.43 Å². The molecule has 0 unspecified atom stereocenters. The maximum atomic E-state index is 12.1. The normalized spacial score (nSPS) is 10.7. The zero-order valence-corrected chi connectivity index (χ0v) is 14.6. The largest absolute Gasteiger partial charge is 0.451 e. The van der Waals surface area contributed by atoms with Gasteiger partial charge in [-0.3, -0.25) is 9.59 Å². The molecule has 1 aromatic heterocycles. The number of carbonyl (C=O) groups excluding carboxylic acids is 2. The summed E-state index contributed by atoms with van der Waals surface area (Å²) >= 11 is 0. The number of carbonyl (C=O) groups is 2. The first-order valence-electron chi connectivity index (χ1n) is 8.31. The Hall–Kier alpha value is -3.21. The highest BCUT2D eigenvalue weighted by molar-refractivity contribution is 5.99. The van der Waals surface area contributed by atoms with Crippen molar-refractivity contribution in [1.29, 1.82) is 0 Å². The van der Waals surface area contributed by atoms with Gasteiger partial charge in [0, 0.05) is 11.6 Å². The Labute approximate surface area is 150 Å². The van der Waals surface area contributed by atoms with Crippen molar-refractivity contribution in [3.8, 4) is 0 Å². The molecule has 26 heavy (non-hydrogen) atoms. The number of ether oxygens (including phenoxy) is 1. The van der Waals surface area contributed by atoms with Gasteiger partial charge in [0.05, 0.1) is 5.39 Å². The molecule has 0 saturated heterocycles. The fraction of sp³-hybridized carbons (Fsp3) is 0.190. The highest BCUT2D eigenvalue weighted by Crippen LogP contribution is 2.15. The van der Waals surface area contributed by atoms with Gasteiger partial charge in [-0.15, -0.1) is 0 Å². The Morgan fingerprint density at radius 2 is 1.77 bits per heavy atom. The average Bonchev–Trinajstić information content (AvgIpc) is 2.66. The molecule has 0 fully saturated rings. The van der Waals surface area contributed by atoms with Gasteiger partial charge in [-0.05, 0) is 31.0 Å². The number of Topliss-reactive ketones (excluding diaryl/α,β-unsaturated/α-hetero) is 1. The third-order valence-corrected chi connectivity index (χ3v) is 4.10. The zero-order valence-electron chi connectivity index (χ0n) is 14.6. The summed E-state index contributed by atoms with van der Waals surface area (Å²) in [5, 5.41) is 0.397. The van der Waals surface area contributed by atoms with Gasteiger partial charge in [0.2, 0.25) is 5.76 Å². The molecule has 132 valence electrons. The standard InChI is InChI=1S/C21H18O5/c1-3-14-5-7-15(8-6-14)18(23)12-25-21(24)20-11-17(22)16-10-13(2)4-9-19(16)26-20/h4-11H,3,12H2,1-2H3. The van der Waals surface area contributed by atoms with E-state index in [0.717, 1.165) is 23.6 Å². The summed E-state index contributed by atoms with van der Waals surface area (Å²) in [5.41, 5.74) is 2.47. The smallest absolute Gasteiger partial charge is 0.374 e. The lowest BCUT2D eigenvalue weighted by Gasteiger charge is -2.06.